The summed E-state index contributed by atoms with van der Waals surface area (Å²) in [6.07, 6.45) is 1.74. The van der Waals surface area contributed by atoms with Crippen molar-refractivity contribution in [1.29, 1.82) is 0 Å². The number of sulfonamides is 1. The van der Waals surface area contributed by atoms with Crippen LogP contribution in [0.1, 0.15) is 30.4 Å². The van der Waals surface area contributed by atoms with Crippen molar-refractivity contribution in [3.05, 3.63) is 53.9 Å². The van der Waals surface area contributed by atoms with Crippen molar-refractivity contribution < 1.29 is 17.6 Å². The lowest BCUT2D eigenvalue weighted by Gasteiger charge is -2.30. The van der Waals surface area contributed by atoms with Gasteiger partial charge < -0.3 is 9.15 Å². The average molecular weight is 388 g/mol. The highest BCUT2D eigenvalue weighted by Gasteiger charge is 2.33. The van der Waals surface area contributed by atoms with Gasteiger partial charge in [-0.3, -0.25) is 4.98 Å². The summed E-state index contributed by atoms with van der Waals surface area (Å²) in [5, 5.41) is 8.82. The number of morpholine rings is 1. The molecule has 1 atom stereocenters. The highest BCUT2D eigenvalue weighted by atomic mass is 32.2. The lowest BCUT2D eigenvalue weighted by atomic mass is 10.1. The maximum absolute atomic E-state index is 13.0. The van der Waals surface area contributed by atoms with Crippen molar-refractivity contribution >= 4 is 20.9 Å². The third-order valence-corrected chi connectivity index (χ3v) is 6.33. The number of fused-ring (bicyclic) bond motifs is 1. The van der Waals surface area contributed by atoms with Gasteiger partial charge in [0, 0.05) is 31.1 Å². The number of benzene rings is 1. The first kappa shape index (κ1) is 18.0. The molecule has 0 N–H and O–H groups in total. The second kappa shape index (κ2) is 7.34. The highest BCUT2D eigenvalue weighted by Crippen LogP contribution is 2.26. The van der Waals surface area contributed by atoms with Gasteiger partial charge in [-0.25, -0.2) is 8.42 Å². The Bertz CT molecular complexity index is 1040. The third kappa shape index (κ3) is 3.71. The predicted octanol–water partition coefficient (Wildman–Crippen LogP) is 2.08. The molecule has 1 aliphatic rings. The van der Waals surface area contributed by atoms with E-state index in [0.717, 1.165) is 5.39 Å². The number of pyridine rings is 1. The van der Waals surface area contributed by atoms with Gasteiger partial charge in [0.25, 0.3) is 0 Å². The minimum atomic E-state index is -3.54. The molecule has 0 bridgehead atoms. The first-order valence-corrected chi connectivity index (χ1v) is 10.4. The Balaban J connectivity index is 1.56. The van der Waals surface area contributed by atoms with Gasteiger partial charge in [0.15, 0.2) is 0 Å². The van der Waals surface area contributed by atoms with E-state index in [0.29, 0.717) is 35.8 Å². The number of aryl methyl sites for hydroxylation is 1. The van der Waals surface area contributed by atoms with E-state index in [2.05, 4.69) is 15.2 Å². The summed E-state index contributed by atoms with van der Waals surface area (Å²) in [6.45, 7) is 2.65. The van der Waals surface area contributed by atoms with Crippen LogP contribution in [0.5, 0.6) is 0 Å². The molecule has 142 valence electrons. The molecule has 0 saturated carbocycles. The van der Waals surface area contributed by atoms with E-state index in [1.54, 1.807) is 12.3 Å². The first-order chi connectivity index (χ1) is 13.1. The van der Waals surface area contributed by atoms with Crippen LogP contribution in [0.3, 0.4) is 0 Å². The van der Waals surface area contributed by atoms with Gasteiger partial charge in [-0.2, -0.15) is 4.31 Å². The second-order valence-electron chi connectivity index (χ2n) is 6.35. The fraction of sp³-hybridized carbons (Fsp3) is 0.389. The van der Waals surface area contributed by atoms with Crippen LogP contribution in [0.2, 0.25) is 0 Å². The molecule has 1 fully saturated rings. The molecule has 0 aliphatic carbocycles. The topological polar surface area (TPSA) is 98.4 Å². The van der Waals surface area contributed by atoms with Gasteiger partial charge in [-0.05, 0) is 11.6 Å². The summed E-state index contributed by atoms with van der Waals surface area (Å²) in [5.41, 5.74) is 1.39. The molecular weight excluding hydrogens is 368 g/mol. The fourth-order valence-corrected chi connectivity index (χ4v) is 4.66. The van der Waals surface area contributed by atoms with Crippen molar-refractivity contribution in [1.82, 2.24) is 19.5 Å². The number of nitrogens with zero attached hydrogens (tertiary/aromatic N) is 4. The van der Waals surface area contributed by atoms with Crippen LogP contribution in [-0.2, 0) is 26.9 Å². The molecule has 9 heteroatoms. The monoisotopic (exact) mass is 388 g/mol. The molecule has 1 aromatic carbocycles. The molecule has 1 saturated heterocycles. The van der Waals surface area contributed by atoms with Crippen LogP contribution in [0.4, 0.5) is 0 Å². The van der Waals surface area contributed by atoms with E-state index in [1.165, 1.54) is 4.31 Å². The number of rotatable bonds is 5. The highest BCUT2D eigenvalue weighted by molar-refractivity contribution is 7.88. The molecule has 3 aromatic rings. The number of para-hydroxylation sites is 1. The summed E-state index contributed by atoms with van der Waals surface area (Å²) in [7, 11) is -3.54. The molecule has 0 spiro atoms. The zero-order chi connectivity index (χ0) is 18.9. The molecular formula is C18H20N4O4S. The molecule has 3 heterocycles. The van der Waals surface area contributed by atoms with Crippen LogP contribution in [0.25, 0.3) is 10.9 Å². The van der Waals surface area contributed by atoms with Gasteiger partial charge >= 0.3 is 0 Å². The van der Waals surface area contributed by atoms with E-state index < -0.39 is 16.1 Å². The summed E-state index contributed by atoms with van der Waals surface area (Å²) in [5.74, 6) is 0.715. The zero-order valence-electron chi connectivity index (χ0n) is 14.9. The molecule has 0 unspecified atom stereocenters. The quantitative estimate of drug-likeness (QED) is 0.660. The summed E-state index contributed by atoms with van der Waals surface area (Å²) < 4.78 is 38.6. The Labute approximate surface area is 157 Å². The lowest BCUT2D eigenvalue weighted by Crippen LogP contribution is -2.42. The Hall–Kier alpha value is -2.36. The number of ether oxygens (including phenoxy) is 1. The number of hydrogen-bond acceptors (Lipinski definition) is 7. The fourth-order valence-electron chi connectivity index (χ4n) is 3.14. The van der Waals surface area contributed by atoms with Crippen LogP contribution < -0.4 is 0 Å². The molecule has 4 rings (SSSR count). The SMILES string of the molecule is CCc1nnc([C@@H]2CN(S(=O)(=O)Cc3cccc4cccnc34)CCO2)o1. The van der Waals surface area contributed by atoms with Crippen LogP contribution >= 0.6 is 0 Å². The molecule has 1 aliphatic heterocycles. The van der Waals surface area contributed by atoms with Gasteiger partial charge in [0.2, 0.25) is 21.8 Å². The van der Waals surface area contributed by atoms with Crippen molar-refractivity contribution in [2.45, 2.75) is 25.2 Å². The first-order valence-electron chi connectivity index (χ1n) is 8.81. The maximum atomic E-state index is 13.0. The summed E-state index contributed by atoms with van der Waals surface area (Å²) >= 11 is 0. The van der Waals surface area contributed by atoms with E-state index >= 15 is 0 Å². The van der Waals surface area contributed by atoms with Crippen LogP contribution in [0, 0.1) is 0 Å². The van der Waals surface area contributed by atoms with Crippen molar-refractivity contribution in [3.8, 4) is 0 Å². The van der Waals surface area contributed by atoms with Crippen LogP contribution in [-0.4, -0.2) is 47.6 Å². The zero-order valence-corrected chi connectivity index (χ0v) is 15.7. The van der Waals surface area contributed by atoms with E-state index in [1.807, 2.05) is 31.2 Å². The standard InChI is InChI=1S/C18H20N4O4S/c1-2-16-20-21-18(26-16)15-11-22(9-10-25-15)27(23,24)12-14-6-3-5-13-7-4-8-19-17(13)14/h3-8,15H,2,9-12H2,1H3/t15-/m0/s1. The van der Waals surface area contributed by atoms with Crippen molar-refractivity contribution in [2.75, 3.05) is 19.7 Å². The molecule has 2 aromatic heterocycles. The van der Waals surface area contributed by atoms with Crippen molar-refractivity contribution in [3.63, 3.8) is 0 Å². The van der Waals surface area contributed by atoms with E-state index in [9.17, 15) is 8.42 Å². The molecule has 8 nitrogen and oxygen atoms in total. The molecule has 27 heavy (non-hydrogen) atoms. The summed E-state index contributed by atoms with van der Waals surface area (Å²) in [4.78, 5) is 4.34. The van der Waals surface area contributed by atoms with E-state index in [-0.39, 0.29) is 18.9 Å². The Kier molecular flexibility index (Phi) is 4.90. The minimum Gasteiger partial charge on any atom is -0.422 e. The lowest BCUT2D eigenvalue weighted by molar-refractivity contribution is -0.0178. The van der Waals surface area contributed by atoms with Gasteiger partial charge in [-0.15, -0.1) is 10.2 Å². The Morgan fingerprint density at radius 1 is 1.22 bits per heavy atom. The predicted molar refractivity (Wildman–Crippen MR) is 98.3 cm³/mol. The average Bonchev–Trinajstić information content (AvgIpc) is 3.18. The normalized spacial score (nSPS) is 18.8. The smallest absolute Gasteiger partial charge is 0.246 e. The van der Waals surface area contributed by atoms with E-state index in [4.69, 9.17) is 9.15 Å². The number of aromatic nitrogens is 3. The Morgan fingerprint density at radius 3 is 2.89 bits per heavy atom. The van der Waals surface area contributed by atoms with Crippen molar-refractivity contribution in [2.24, 2.45) is 0 Å². The molecule has 0 amide bonds. The largest absolute Gasteiger partial charge is 0.422 e. The van der Waals surface area contributed by atoms with Gasteiger partial charge in [0.1, 0.15) is 6.10 Å². The maximum Gasteiger partial charge on any atom is 0.246 e. The third-order valence-electron chi connectivity index (χ3n) is 4.54. The number of hydrogen-bond donors (Lipinski definition) is 0. The Morgan fingerprint density at radius 2 is 2.07 bits per heavy atom. The van der Waals surface area contributed by atoms with Gasteiger partial charge in [0.05, 0.1) is 17.9 Å². The van der Waals surface area contributed by atoms with Crippen LogP contribution in [0.15, 0.2) is 40.9 Å². The van der Waals surface area contributed by atoms with Gasteiger partial charge in [-0.1, -0.05) is 31.2 Å². The molecule has 0 radical (unpaired) electrons. The summed E-state index contributed by atoms with van der Waals surface area (Å²) in [6, 6.07) is 9.33. The second-order valence-corrected chi connectivity index (χ2v) is 8.32. The minimum absolute atomic E-state index is 0.113.